The Hall–Kier alpha value is -0.540. The maximum atomic E-state index is 10.8. The number of carboxylic acids is 1. The van der Waals surface area contributed by atoms with Gasteiger partial charge < -0.3 is 5.11 Å². The lowest BCUT2D eigenvalue weighted by Crippen LogP contribution is -2.03. The fraction of sp³-hybridized carbons (Fsp3) is 0.222. The van der Waals surface area contributed by atoms with Crippen LogP contribution in [0.3, 0.4) is 0 Å². The first-order valence-corrected chi connectivity index (χ1v) is 5.23. The van der Waals surface area contributed by atoms with Gasteiger partial charge in [0, 0.05) is 10.4 Å². The van der Waals surface area contributed by atoms with Crippen LogP contribution in [0.2, 0.25) is 5.02 Å². The van der Waals surface area contributed by atoms with Crippen molar-refractivity contribution in [1.29, 1.82) is 0 Å². The molecule has 13 heavy (non-hydrogen) atoms. The molecular weight excluding hydrogens is 255 g/mol. The van der Waals surface area contributed by atoms with E-state index in [0.717, 1.165) is 0 Å². The molecule has 0 fully saturated rings. The van der Waals surface area contributed by atoms with Gasteiger partial charge >= 0.3 is 5.97 Å². The molecule has 0 bridgehead atoms. The highest BCUT2D eigenvalue weighted by molar-refractivity contribution is 9.09. The predicted octanol–water partition coefficient (Wildman–Crippen LogP) is 2.98. The topological polar surface area (TPSA) is 37.3 Å². The van der Waals surface area contributed by atoms with Crippen LogP contribution in [-0.4, -0.2) is 16.4 Å². The Morgan fingerprint density at radius 3 is 2.77 bits per heavy atom. The molecule has 1 aromatic carbocycles. The molecule has 4 heteroatoms. The maximum absolute atomic E-state index is 10.8. The van der Waals surface area contributed by atoms with Gasteiger partial charge in [-0.15, -0.1) is 0 Å². The van der Waals surface area contributed by atoms with Gasteiger partial charge in [0.2, 0.25) is 0 Å². The zero-order chi connectivity index (χ0) is 9.84. The van der Waals surface area contributed by atoms with E-state index in [1.807, 2.05) is 0 Å². The van der Waals surface area contributed by atoms with Gasteiger partial charge in [-0.2, -0.15) is 0 Å². The summed E-state index contributed by atoms with van der Waals surface area (Å²) in [7, 11) is 0. The number of benzene rings is 1. The minimum atomic E-state index is -0.932. The number of carboxylic acid groups (broad SMARTS) is 1. The highest BCUT2D eigenvalue weighted by atomic mass is 79.9. The Kier molecular flexibility index (Phi) is 3.75. The van der Waals surface area contributed by atoms with E-state index < -0.39 is 5.97 Å². The molecule has 1 N–H and O–H groups in total. The predicted molar refractivity (Wildman–Crippen MR) is 55.9 cm³/mol. The number of hydrogen-bond donors (Lipinski definition) is 1. The second kappa shape index (κ2) is 4.63. The van der Waals surface area contributed by atoms with Gasteiger partial charge in [-0.1, -0.05) is 33.6 Å². The fourth-order valence-electron chi connectivity index (χ4n) is 1.11. The maximum Gasteiger partial charge on any atom is 0.336 e. The van der Waals surface area contributed by atoms with Crippen LogP contribution in [0.4, 0.5) is 0 Å². The minimum Gasteiger partial charge on any atom is -0.478 e. The molecule has 70 valence electrons. The molecule has 0 saturated heterocycles. The Bertz CT molecular complexity index is 325. The van der Waals surface area contributed by atoms with Gasteiger partial charge in [-0.25, -0.2) is 4.79 Å². The van der Waals surface area contributed by atoms with Gasteiger partial charge in [-0.3, -0.25) is 0 Å². The molecule has 0 amide bonds. The zero-order valence-electron chi connectivity index (χ0n) is 6.76. The Morgan fingerprint density at radius 2 is 2.23 bits per heavy atom. The van der Waals surface area contributed by atoms with Crippen molar-refractivity contribution in [3.8, 4) is 0 Å². The number of aromatic carboxylic acids is 1. The first-order chi connectivity index (χ1) is 6.16. The molecule has 0 aromatic heterocycles. The first kappa shape index (κ1) is 10.5. The summed E-state index contributed by atoms with van der Waals surface area (Å²) in [5.74, 6) is -0.932. The van der Waals surface area contributed by atoms with Crippen molar-refractivity contribution in [2.24, 2.45) is 0 Å². The van der Waals surface area contributed by atoms with Crippen molar-refractivity contribution < 1.29 is 9.90 Å². The third kappa shape index (κ3) is 2.45. The summed E-state index contributed by atoms with van der Waals surface area (Å²) >= 11 is 9.12. The number of alkyl halides is 1. The molecule has 1 rings (SSSR count). The van der Waals surface area contributed by atoms with Crippen molar-refractivity contribution in [3.63, 3.8) is 0 Å². The molecule has 0 radical (unpaired) electrons. The Morgan fingerprint density at radius 1 is 1.54 bits per heavy atom. The van der Waals surface area contributed by atoms with E-state index in [0.29, 0.717) is 22.3 Å². The Balaban J connectivity index is 3.17. The molecule has 0 atom stereocenters. The second-order valence-electron chi connectivity index (χ2n) is 2.51. The van der Waals surface area contributed by atoms with E-state index in [2.05, 4.69) is 15.9 Å². The average Bonchev–Trinajstić information content (AvgIpc) is 2.08. The van der Waals surface area contributed by atoms with Crippen LogP contribution in [0, 0.1) is 0 Å². The number of carbonyl (C=O) groups is 1. The largest absolute Gasteiger partial charge is 0.478 e. The van der Waals surface area contributed by atoms with E-state index in [1.54, 1.807) is 18.2 Å². The van der Waals surface area contributed by atoms with Crippen molar-refractivity contribution in [1.82, 2.24) is 0 Å². The van der Waals surface area contributed by atoms with Crippen LogP contribution in [0.25, 0.3) is 0 Å². The molecule has 0 aliphatic rings. The van der Waals surface area contributed by atoms with E-state index in [1.165, 1.54) is 0 Å². The average molecular weight is 264 g/mol. The van der Waals surface area contributed by atoms with Crippen LogP contribution < -0.4 is 0 Å². The third-order valence-electron chi connectivity index (χ3n) is 1.69. The number of rotatable bonds is 3. The minimum absolute atomic E-state index is 0.284. The van der Waals surface area contributed by atoms with Crippen molar-refractivity contribution in [2.45, 2.75) is 6.42 Å². The molecule has 1 aromatic rings. The van der Waals surface area contributed by atoms with Crippen LogP contribution in [0.15, 0.2) is 18.2 Å². The van der Waals surface area contributed by atoms with E-state index >= 15 is 0 Å². The molecule has 0 heterocycles. The van der Waals surface area contributed by atoms with Gasteiger partial charge in [0.1, 0.15) is 0 Å². The summed E-state index contributed by atoms with van der Waals surface area (Å²) in [6, 6.07) is 4.90. The fourth-order valence-corrected chi connectivity index (χ4v) is 1.77. The number of hydrogen-bond acceptors (Lipinski definition) is 1. The van der Waals surface area contributed by atoms with E-state index in [9.17, 15) is 4.79 Å². The quantitative estimate of drug-likeness (QED) is 0.851. The third-order valence-corrected chi connectivity index (χ3v) is 2.44. The molecule has 0 aliphatic carbocycles. The van der Waals surface area contributed by atoms with Crippen molar-refractivity contribution in [2.75, 3.05) is 5.33 Å². The summed E-state index contributed by atoms with van der Waals surface area (Å²) in [5, 5.41) is 10.1. The standard InChI is InChI=1S/C9H8BrClO2/c10-5-4-6-7(9(12)13)2-1-3-8(6)11/h1-3H,4-5H2,(H,12,13). The molecule has 0 saturated carbocycles. The molecular formula is C9H8BrClO2. The monoisotopic (exact) mass is 262 g/mol. The molecule has 0 spiro atoms. The van der Waals surface area contributed by atoms with Crippen LogP contribution >= 0.6 is 27.5 Å². The van der Waals surface area contributed by atoms with Gasteiger partial charge in [0.15, 0.2) is 0 Å². The van der Waals surface area contributed by atoms with Gasteiger partial charge in [0.05, 0.1) is 5.56 Å². The lowest BCUT2D eigenvalue weighted by Gasteiger charge is -2.05. The first-order valence-electron chi connectivity index (χ1n) is 3.73. The highest BCUT2D eigenvalue weighted by Crippen LogP contribution is 2.21. The smallest absolute Gasteiger partial charge is 0.336 e. The highest BCUT2D eigenvalue weighted by Gasteiger charge is 2.11. The Labute approximate surface area is 89.7 Å². The second-order valence-corrected chi connectivity index (χ2v) is 3.71. The summed E-state index contributed by atoms with van der Waals surface area (Å²) in [4.78, 5) is 10.8. The summed E-state index contributed by atoms with van der Waals surface area (Å²) in [6.07, 6.45) is 0.626. The molecule has 0 unspecified atom stereocenters. The normalized spacial score (nSPS) is 10.0. The lowest BCUT2D eigenvalue weighted by atomic mass is 10.1. The van der Waals surface area contributed by atoms with Crippen molar-refractivity contribution >= 4 is 33.5 Å². The van der Waals surface area contributed by atoms with Crippen molar-refractivity contribution in [3.05, 3.63) is 34.3 Å². The van der Waals surface area contributed by atoms with E-state index in [-0.39, 0.29) is 5.56 Å². The van der Waals surface area contributed by atoms with E-state index in [4.69, 9.17) is 16.7 Å². The summed E-state index contributed by atoms with van der Waals surface area (Å²) in [6.45, 7) is 0. The van der Waals surface area contributed by atoms with Gasteiger partial charge in [-0.05, 0) is 24.1 Å². The molecule has 0 aliphatic heterocycles. The van der Waals surface area contributed by atoms with Crippen LogP contribution in [0.5, 0.6) is 0 Å². The van der Waals surface area contributed by atoms with Gasteiger partial charge in [0.25, 0.3) is 0 Å². The SMILES string of the molecule is O=C(O)c1cccc(Cl)c1CCBr. The summed E-state index contributed by atoms with van der Waals surface area (Å²) < 4.78 is 0. The summed E-state index contributed by atoms with van der Waals surface area (Å²) in [5.41, 5.74) is 0.973. The van der Waals surface area contributed by atoms with Crippen LogP contribution in [0.1, 0.15) is 15.9 Å². The zero-order valence-corrected chi connectivity index (χ0v) is 9.10. The molecule has 2 nitrogen and oxygen atoms in total. The van der Waals surface area contributed by atoms with Crippen LogP contribution in [-0.2, 0) is 6.42 Å². The lowest BCUT2D eigenvalue weighted by molar-refractivity contribution is 0.0696. The number of halogens is 2.